The van der Waals surface area contributed by atoms with Crippen LogP contribution >= 0.6 is 0 Å². The van der Waals surface area contributed by atoms with Crippen molar-refractivity contribution in [2.45, 2.75) is 6.42 Å². The lowest BCUT2D eigenvalue weighted by Crippen LogP contribution is -2.17. The molecule has 0 spiro atoms. The van der Waals surface area contributed by atoms with Crippen LogP contribution < -0.4 is 0 Å². The minimum Gasteiger partial charge on any atom is -0.198 e. The molecule has 0 aromatic rings. The topological polar surface area (TPSA) is 71.4 Å². The Hall–Kier alpha value is -1.79. The van der Waals surface area contributed by atoms with Crippen molar-refractivity contribution < 1.29 is 0 Å². The molecule has 0 heterocycles. The fourth-order valence-electron chi connectivity index (χ4n) is 1.25. The van der Waals surface area contributed by atoms with Gasteiger partial charge in [-0.1, -0.05) is 12.2 Å². The third kappa shape index (κ3) is 1.44. The van der Waals surface area contributed by atoms with Crippen molar-refractivity contribution in [2.24, 2.45) is 17.8 Å². The first-order valence-electron chi connectivity index (χ1n) is 3.69. The van der Waals surface area contributed by atoms with Crippen LogP contribution in [-0.2, 0) is 0 Å². The molecule has 12 heavy (non-hydrogen) atoms. The molecule has 0 radical (unpaired) electrons. The van der Waals surface area contributed by atoms with Crippen molar-refractivity contribution >= 4 is 0 Å². The molecule has 0 amide bonds. The van der Waals surface area contributed by atoms with Gasteiger partial charge < -0.3 is 0 Å². The van der Waals surface area contributed by atoms with Crippen molar-refractivity contribution in [3.8, 4) is 18.2 Å². The van der Waals surface area contributed by atoms with Gasteiger partial charge in [0.2, 0.25) is 0 Å². The van der Waals surface area contributed by atoms with Crippen molar-refractivity contribution in [3.05, 3.63) is 12.2 Å². The summed E-state index contributed by atoms with van der Waals surface area (Å²) in [5.74, 6) is -0.844. The number of allylic oxidation sites excluding steroid dienone is 2. The number of nitrogens with zero attached hydrogens (tertiary/aromatic N) is 3. The summed E-state index contributed by atoms with van der Waals surface area (Å²) in [5.41, 5.74) is 0. The van der Waals surface area contributed by atoms with Crippen LogP contribution in [0.3, 0.4) is 0 Å². The van der Waals surface area contributed by atoms with E-state index in [1.807, 2.05) is 12.1 Å². The van der Waals surface area contributed by atoms with E-state index in [9.17, 15) is 0 Å². The fraction of sp³-hybridized carbons (Fsp3) is 0.444. The molecular formula is C9H7N3. The van der Waals surface area contributed by atoms with Gasteiger partial charge in [-0.2, -0.15) is 15.8 Å². The quantitative estimate of drug-likeness (QED) is 0.498. The van der Waals surface area contributed by atoms with Crippen LogP contribution in [0.2, 0.25) is 0 Å². The monoisotopic (exact) mass is 157 g/mol. The Kier molecular flexibility index (Phi) is 2.46. The molecule has 3 unspecified atom stereocenters. The first-order chi connectivity index (χ1) is 5.81. The molecule has 3 atom stereocenters. The highest BCUT2D eigenvalue weighted by molar-refractivity contribution is 5.17. The second-order valence-corrected chi connectivity index (χ2v) is 2.75. The first kappa shape index (κ1) is 8.31. The molecule has 58 valence electrons. The predicted octanol–water partition coefficient (Wildman–Crippen LogP) is 1.37. The SMILES string of the molecule is N#CC1C=CC(C#N)C(C#N)C1. The molecule has 1 rings (SSSR count). The minimum absolute atomic E-state index is 0.195. The highest BCUT2D eigenvalue weighted by atomic mass is 14.4. The maximum Gasteiger partial charge on any atom is 0.0802 e. The van der Waals surface area contributed by atoms with E-state index in [4.69, 9.17) is 15.8 Å². The summed E-state index contributed by atoms with van der Waals surface area (Å²) in [6, 6.07) is 6.14. The standard InChI is InChI=1S/C9H7N3/c10-4-7-1-2-8(5-11)9(3-7)6-12/h1-2,7-9H,3H2. The second kappa shape index (κ2) is 3.56. The number of rotatable bonds is 0. The average Bonchev–Trinajstić information content (AvgIpc) is 2.16. The Bertz CT molecular complexity index is 310. The van der Waals surface area contributed by atoms with E-state index in [1.165, 1.54) is 0 Å². The Morgan fingerprint density at radius 3 is 2.25 bits per heavy atom. The molecular weight excluding hydrogens is 150 g/mol. The summed E-state index contributed by atoms with van der Waals surface area (Å²) < 4.78 is 0. The Balaban J connectivity index is 2.81. The molecule has 0 fully saturated rings. The molecule has 0 N–H and O–H groups in total. The van der Waals surface area contributed by atoms with Crippen LogP contribution in [-0.4, -0.2) is 0 Å². The molecule has 3 heteroatoms. The largest absolute Gasteiger partial charge is 0.198 e. The zero-order valence-corrected chi connectivity index (χ0v) is 6.44. The van der Waals surface area contributed by atoms with Crippen LogP contribution in [0.25, 0.3) is 0 Å². The smallest absolute Gasteiger partial charge is 0.0802 e. The highest BCUT2D eigenvalue weighted by Crippen LogP contribution is 2.26. The summed E-state index contributed by atoms with van der Waals surface area (Å²) in [6.45, 7) is 0. The normalized spacial score (nSPS) is 32.9. The first-order valence-corrected chi connectivity index (χ1v) is 3.69. The lowest BCUT2D eigenvalue weighted by atomic mass is 9.81. The number of hydrogen-bond donors (Lipinski definition) is 0. The van der Waals surface area contributed by atoms with Crippen LogP contribution in [0.5, 0.6) is 0 Å². The fourth-order valence-corrected chi connectivity index (χ4v) is 1.25. The summed E-state index contributed by atoms with van der Waals surface area (Å²) in [5, 5.41) is 25.8. The van der Waals surface area contributed by atoms with Gasteiger partial charge in [0, 0.05) is 0 Å². The van der Waals surface area contributed by atoms with E-state index < -0.39 is 0 Å². The van der Waals surface area contributed by atoms with Crippen LogP contribution in [0.1, 0.15) is 6.42 Å². The van der Waals surface area contributed by atoms with Gasteiger partial charge in [-0.15, -0.1) is 0 Å². The summed E-state index contributed by atoms with van der Waals surface area (Å²) in [6.07, 6.45) is 3.86. The van der Waals surface area contributed by atoms with Crippen molar-refractivity contribution in [1.29, 1.82) is 15.8 Å². The Morgan fingerprint density at radius 1 is 1.00 bits per heavy atom. The van der Waals surface area contributed by atoms with Crippen molar-refractivity contribution in [3.63, 3.8) is 0 Å². The van der Waals surface area contributed by atoms with Gasteiger partial charge >= 0.3 is 0 Å². The lowest BCUT2D eigenvalue weighted by Gasteiger charge is -2.18. The zero-order valence-electron chi connectivity index (χ0n) is 6.44. The summed E-state index contributed by atoms with van der Waals surface area (Å²) >= 11 is 0. The maximum atomic E-state index is 8.66. The number of nitriles is 3. The highest BCUT2D eigenvalue weighted by Gasteiger charge is 2.25. The Labute approximate surface area is 71.1 Å². The third-order valence-electron chi connectivity index (χ3n) is 1.97. The average molecular weight is 157 g/mol. The van der Waals surface area contributed by atoms with Crippen LogP contribution in [0, 0.1) is 51.7 Å². The van der Waals surface area contributed by atoms with Gasteiger partial charge in [0.25, 0.3) is 0 Å². The van der Waals surface area contributed by atoms with Gasteiger partial charge in [-0.3, -0.25) is 0 Å². The van der Waals surface area contributed by atoms with Gasteiger partial charge in [0.15, 0.2) is 0 Å². The molecule has 1 aliphatic rings. The molecule has 0 bridgehead atoms. The molecule has 0 saturated carbocycles. The molecule has 0 aromatic carbocycles. The molecule has 0 saturated heterocycles. The van der Waals surface area contributed by atoms with E-state index >= 15 is 0 Å². The van der Waals surface area contributed by atoms with E-state index in [0.717, 1.165) is 0 Å². The van der Waals surface area contributed by atoms with Crippen LogP contribution in [0.15, 0.2) is 12.2 Å². The van der Waals surface area contributed by atoms with Crippen LogP contribution in [0.4, 0.5) is 0 Å². The lowest BCUT2D eigenvalue weighted by molar-refractivity contribution is 0.471. The van der Waals surface area contributed by atoms with Gasteiger partial charge in [0.05, 0.1) is 36.0 Å². The van der Waals surface area contributed by atoms with E-state index in [1.54, 1.807) is 12.2 Å². The van der Waals surface area contributed by atoms with Crippen molar-refractivity contribution in [1.82, 2.24) is 0 Å². The zero-order chi connectivity index (χ0) is 8.97. The molecule has 3 nitrogen and oxygen atoms in total. The third-order valence-corrected chi connectivity index (χ3v) is 1.97. The summed E-state index contributed by atoms with van der Waals surface area (Å²) in [7, 11) is 0. The van der Waals surface area contributed by atoms with Gasteiger partial charge in [-0.05, 0) is 6.42 Å². The van der Waals surface area contributed by atoms with E-state index in [-0.39, 0.29) is 17.8 Å². The predicted molar refractivity (Wildman–Crippen MR) is 41.1 cm³/mol. The molecule has 1 aliphatic carbocycles. The molecule has 0 aliphatic heterocycles. The van der Waals surface area contributed by atoms with E-state index in [0.29, 0.717) is 6.42 Å². The van der Waals surface area contributed by atoms with Crippen molar-refractivity contribution in [2.75, 3.05) is 0 Å². The Morgan fingerprint density at radius 2 is 1.75 bits per heavy atom. The summed E-state index contributed by atoms with van der Waals surface area (Å²) in [4.78, 5) is 0. The number of hydrogen-bond acceptors (Lipinski definition) is 3. The van der Waals surface area contributed by atoms with Gasteiger partial charge in [0.1, 0.15) is 0 Å². The maximum absolute atomic E-state index is 8.66. The van der Waals surface area contributed by atoms with Gasteiger partial charge in [-0.25, -0.2) is 0 Å². The van der Waals surface area contributed by atoms with E-state index in [2.05, 4.69) is 6.07 Å². The minimum atomic E-state index is -0.334. The second-order valence-electron chi connectivity index (χ2n) is 2.75. The molecule has 0 aromatic heterocycles.